The molecule has 4 amide bonds. The van der Waals surface area contributed by atoms with Crippen molar-refractivity contribution < 1.29 is 18.8 Å². The Kier molecular flexibility index (Phi) is 6.70. The molecule has 5 aromatic rings. The fraction of sp³-hybridized carbons (Fsp3) is 0.147. The van der Waals surface area contributed by atoms with Gasteiger partial charge in [0.2, 0.25) is 0 Å². The number of urea groups is 1. The van der Waals surface area contributed by atoms with Crippen LogP contribution in [-0.2, 0) is 17.6 Å². The van der Waals surface area contributed by atoms with Crippen LogP contribution in [0.2, 0.25) is 5.02 Å². The van der Waals surface area contributed by atoms with Crippen molar-refractivity contribution in [1.29, 1.82) is 0 Å². The summed E-state index contributed by atoms with van der Waals surface area (Å²) in [6.07, 6.45) is 0.835. The van der Waals surface area contributed by atoms with Gasteiger partial charge < -0.3 is 10.3 Å². The maximum atomic E-state index is 14.3. The van der Waals surface area contributed by atoms with Gasteiger partial charge in [0.15, 0.2) is 0 Å². The van der Waals surface area contributed by atoms with Gasteiger partial charge >= 0.3 is 6.03 Å². The molecule has 1 aromatic heterocycles. The number of carbonyl (C=O) groups excluding carboxylic acids is 3. The predicted molar refractivity (Wildman–Crippen MR) is 163 cm³/mol. The molecule has 4 aromatic carbocycles. The maximum Gasteiger partial charge on any atom is 0.332 e. The minimum atomic E-state index is -0.766. The van der Waals surface area contributed by atoms with E-state index in [4.69, 9.17) is 11.6 Å². The third-order valence-corrected chi connectivity index (χ3v) is 8.45. The third-order valence-electron chi connectivity index (χ3n) is 8.22. The van der Waals surface area contributed by atoms with Crippen LogP contribution >= 0.6 is 11.6 Å². The number of benzene rings is 4. The normalized spacial score (nSPS) is 17.7. The van der Waals surface area contributed by atoms with Crippen LogP contribution in [0.15, 0.2) is 97.1 Å². The van der Waals surface area contributed by atoms with Gasteiger partial charge in [-0.25, -0.2) is 14.1 Å². The number of halogens is 2. The van der Waals surface area contributed by atoms with E-state index in [0.29, 0.717) is 24.4 Å². The highest BCUT2D eigenvalue weighted by Gasteiger charge is 2.53. The number of hydrogen-bond acceptors (Lipinski definition) is 3. The molecular formula is C34H26ClFN4O3. The second-order valence-electron chi connectivity index (χ2n) is 10.8. The largest absolute Gasteiger partial charge is 0.356 e. The van der Waals surface area contributed by atoms with Crippen LogP contribution in [0.5, 0.6) is 0 Å². The highest BCUT2D eigenvalue weighted by atomic mass is 35.5. The molecule has 43 heavy (non-hydrogen) atoms. The van der Waals surface area contributed by atoms with Crippen molar-refractivity contribution in [2.75, 3.05) is 11.4 Å². The molecule has 214 valence electrons. The lowest BCUT2D eigenvalue weighted by molar-refractivity contribution is -0.120. The molecule has 2 aliphatic rings. The Labute approximate surface area is 251 Å². The fourth-order valence-electron chi connectivity index (χ4n) is 6.25. The number of fused-ring (bicyclic) bond motifs is 4. The number of aromatic amines is 1. The van der Waals surface area contributed by atoms with Crippen LogP contribution in [0.3, 0.4) is 0 Å². The summed E-state index contributed by atoms with van der Waals surface area (Å²) >= 11 is 6.39. The van der Waals surface area contributed by atoms with E-state index < -0.39 is 24.0 Å². The lowest BCUT2D eigenvalue weighted by Gasteiger charge is -2.36. The number of amides is 4. The van der Waals surface area contributed by atoms with Crippen LogP contribution in [0.1, 0.15) is 38.8 Å². The van der Waals surface area contributed by atoms with Gasteiger partial charge in [0.25, 0.3) is 11.8 Å². The summed E-state index contributed by atoms with van der Waals surface area (Å²) in [6, 6.07) is 26.1. The first kappa shape index (κ1) is 26.9. The Morgan fingerprint density at radius 2 is 1.72 bits per heavy atom. The SMILES string of the molecule is O=C(NCCc1ccc(F)cc1)c1ccccc1N1C(=O)[C@@H]2Cc3c([nH]c4ccccc34)[C@@H](c3cccc(Cl)c3)N2C1=O. The summed E-state index contributed by atoms with van der Waals surface area (Å²) in [6.45, 7) is 0.300. The van der Waals surface area contributed by atoms with Crippen molar-refractivity contribution in [3.63, 3.8) is 0 Å². The van der Waals surface area contributed by atoms with E-state index in [0.717, 1.165) is 38.2 Å². The van der Waals surface area contributed by atoms with E-state index in [1.807, 2.05) is 42.5 Å². The molecule has 1 saturated heterocycles. The quantitative estimate of drug-likeness (QED) is 0.223. The Morgan fingerprint density at radius 1 is 0.953 bits per heavy atom. The summed E-state index contributed by atoms with van der Waals surface area (Å²) in [5.41, 5.74) is 4.85. The number of hydrogen-bond donors (Lipinski definition) is 2. The van der Waals surface area contributed by atoms with Gasteiger partial charge in [0, 0.05) is 34.6 Å². The van der Waals surface area contributed by atoms with Gasteiger partial charge in [-0.2, -0.15) is 0 Å². The number of aromatic nitrogens is 1. The van der Waals surface area contributed by atoms with E-state index in [1.165, 1.54) is 12.1 Å². The fourth-order valence-corrected chi connectivity index (χ4v) is 6.45. The zero-order valence-electron chi connectivity index (χ0n) is 22.9. The minimum Gasteiger partial charge on any atom is -0.356 e. The molecule has 0 saturated carbocycles. The third kappa shape index (κ3) is 4.64. The highest BCUT2D eigenvalue weighted by molar-refractivity contribution is 6.30. The van der Waals surface area contributed by atoms with E-state index >= 15 is 0 Å². The average Bonchev–Trinajstić information content (AvgIpc) is 3.51. The molecule has 7 nitrogen and oxygen atoms in total. The Bertz CT molecular complexity index is 1900. The summed E-state index contributed by atoms with van der Waals surface area (Å²) in [4.78, 5) is 48.0. The Balaban J connectivity index is 1.23. The summed E-state index contributed by atoms with van der Waals surface area (Å²) in [5.74, 6) is -1.12. The Hall–Kier alpha value is -4.95. The van der Waals surface area contributed by atoms with Crippen molar-refractivity contribution >= 4 is 46.0 Å². The van der Waals surface area contributed by atoms with E-state index in [1.54, 1.807) is 47.4 Å². The standard InChI is InChI=1S/C34H26ClFN4O3/c35-22-7-5-6-21(18-22)31-30-26(24-8-1-3-10-27(24)38-30)19-29-33(42)40(34(43)39(29)31)28-11-4-2-9-25(28)32(41)37-17-16-20-12-14-23(36)15-13-20/h1-15,18,29,31,38H,16-17,19H2,(H,37,41)/t29-,31+/m0/s1. The average molecular weight is 593 g/mol. The second-order valence-corrected chi connectivity index (χ2v) is 11.2. The summed E-state index contributed by atoms with van der Waals surface area (Å²) in [5, 5.41) is 4.40. The van der Waals surface area contributed by atoms with Crippen molar-refractivity contribution in [3.05, 3.63) is 136 Å². The first-order chi connectivity index (χ1) is 20.9. The molecule has 0 bridgehead atoms. The highest BCUT2D eigenvalue weighted by Crippen LogP contribution is 2.45. The zero-order valence-corrected chi connectivity index (χ0v) is 23.6. The molecule has 0 radical (unpaired) electrons. The number of nitrogens with zero attached hydrogens (tertiary/aromatic N) is 2. The molecule has 0 unspecified atom stereocenters. The molecule has 9 heteroatoms. The van der Waals surface area contributed by atoms with Gasteiger partial charge in [0.1, 0.15) is 17.9 Å². The molecule has 0 spiro atoms. The van der Waals surface area contributed by atoms with Gasteiger partial charge in [-0.1, -0.05) is 66.2 Å². The number of carbonyl (C=O) groups is 3. The number of anilines is 1. The van der Waals surface area contributed by atoms with Crippen LogP contribution in [-0.4, -0.2) is 40.3 Å². The topological polar surface area (TPSA) is 85.5 Å². The maximum absolute atomic E-state index is 14.3. The first-order valence-corrected chi connectivity index (χ1v) is 14.4. The Morgan fingerprint density at radius 3 is 2.53 bits per heavy atom. The monoisotopic (exact) mass is 592 g/mol. The minimum absolute atomic E-state index is 0.214. The van der Waals surface area contributed by atoms with Gasteiger partial charge in [-0.3, -0.25) is 14.5 Å². The second kappa shape index (κ2) is 10.7. The molecule has 0 aliphatic carbocycles. The number of nitrogens with one attached hydrogen (secondary N) is 2. The number of para-hydroxylation sites is 2. The van der Waals surface area contributed by atoms with E-state index in [-0.39, 0.29) is 23.0 Å². The van der Waals surface area contributed by atoms with Crippen LogP contribution in [0, 0.1) is 5.82 Å². The summed E-state index contributed by atoms with van der Waals surface area (Å²) < 4.78 is 13.2. The van der Waals surface area contributed by atoms with Gasteiger partial charge in [0.05, 0.1) is 11.3 Å². The molecule has 2 atom stereocenters. The van der Waals surface area contributed by atoms with Crippen molar-refractivity contribution in [3.8, 4) is 0 Å². The van der Waals surface area contributed by atoms with E-state index in [2.05, 4.69) is 10.3 Å². The number of H-pyrrole nitrogens is 1. The molecule has 2 N–H and O–H groups in total. The van der Waals surface area contributed by atoms with E-state index in [9.17, 15) is 18.8 Å². The predicted octanol–water partition coefficient (Wildman–Crippen LogP) is 6.42. The molecule has 7 rings (SSSR count). The van der Waals surface area contributed by atoms with Crippen molar-refractivity contribution in [2.45, 2.75) is 24.9 Å². The lowest BCUT2D eigenvalue weighted by atomic mass is 9.89. The molecule has 1 fully saturated rings. The molecule has 2 aliphatic heterocycles. The van der Waals surface area contributed by atoms with Crippen LogP contribution < -0.4 is 10.2 Å². The van der Waals surface area contributed by atoms with Crippen molar-refractivity contribution in [1.82, 2.24) is 15.2 Å². The summed E-state index contributed by atoms with van der Waals surface area (Å²) in [7, 11) is 0. The first-order valence-electron chi connectivity index (χ1n) is 14.0. The zero-order chi connectivity index (χ0) is 29.7. The van der Waals surface area contributed by atoms with Gasteiger partial charge in [-0.15, -0.1) is 0 Å². The van der Waals surface area contributed by atoms with Crippen LogP contribution in [0.4, 0.5) is 14.9 Å². The van der Waals surface area contributed by atoms with Crippen LogP contribution in [0.25, 0.3) is 10.9 Å². The number of imide groups is 1. The lowest BCUT2D eigenvalue weighted by Crippen LogP contribution is -2.44. The van der Waals surface area contributed by atoms with Gasteiger partial charge in [-0.05, 0) is 65.6 Å². The molecular weight excluding hydrogens is 567 g/mol. The smallest absolute Gasteiger partial charge is 0.332 e. The number of rotatable bonds is 6. The molecule has 3 heterocycles. The van der Waals surface area contributed by atoms with Crippen molar-refractivity contribution in [2.24, 2.45) is 0 Å².